The molecule has 0 aliphatic carbocycles. The normalized spacial score (nSPS) is 12.2. The summed E-state index contributed by atoms with van der Waals surface area (Å²) in [6.07, 6.45) is 1.98. The summed E-state index contributed by atoms with van der Waals surface area (Å²) in [5, 5.41) is 19.9. The van der Waals surface area contributed by atoms with Crippen LogP contribution >= 0.6 is 0 Å². The highest BCUT2D eigenvalue weighted by atomic mass is 16.6. The van der Waals surface area contributed by atoms with Gasteiger partial charge in [-0.05, 0) is 42.7 Å². The minimum atomic E-state index is -1.03. The second-order valence-electron chi connectivity index (χ2n) is 8.01. The molecule has 2 amide bonds. The van der Waals surface area contributed by atoms with Gasteiger partial charge in [0.2, 0.25) is 0 Å². The first-order chi connectivity index (χ1) is 15.7. The molecule has 1 atom stereocenters. The number of alkyl carbamates (subject to hydrolysis) is 1. The van der Waals surface area contributed by atoms with Crippen molar-refractivity contribution in [1.82, 2.24) is 5.32 Å². The number of carbonyl (C=O) groups excluding carboxylic acids is 2. The first-order valence-electron chi connectivity index (χ1n) is 10.5. The number of hydrogen-bond donors (Lipinski definition) is 3. The summed E-state index contributed by atoms with van der Waals surface area (Å²) in [7, 11) is 0. The molecule has 8 nitrogen and oxygen atoms in total. The number of allylic oxidation sites excluding steroid dienone is 1. The molecular formula is C25H29NO7. The van der Waals surface area contributed by atoms with Gasteiger partial charge in [-0.2, -0.15) is 0 Å². The van der Waals surface area contributed by atoms with Crippen molar-refractivity contribution in [3.8, 4) is 5.75 Å². The zero-order chi connectivity index (χ0) is 24.3. The molecule has 0 aliphatic heterocycles. The first-order valence-corrected chi connectivity index (χ1v) is 10.5. The van der Waals surface area contributed by atoms with Gasteiger partial charge in [-0.25, -0.2) is 9.59 Å². The lowest BCUT2D eigenvalue weighted by Gasteiger charge is -2.34. The third-order valence-electron chi connectivity index (χ3n) is 4.94. The van der Waals surface area contributed by atoms with E-state index in [1.54, 1.807) is 60.7 Å². The van der Waals surface area contributed by atoms with E-state index < -0.39 is 29.5 Å². The van der Waals surface area contributed by atoms with Crippen LogP contribution < -0.4 is 10.1 Å². The highest BCUT2D eigenvalue weighted by Crippen LogP contribution is 2.41. The summed E-state index contributed by atoms with van der Waals surface area (Å²) in [5.41, 5.74) is 0.416. The van der Waals surface area contributed by atoms with Crippen molar-refractivity contribution in [2.24, 2.45) is 5.41 Å². The molecule has 0 unspecified atom stereocenters. The lowest BCUT2D eigenvalue weighted by Crippen LogP contribution is -2.35. The fourth-order valence-electron chi connectivity index (χ4n) is 3.24. The van der Waals surface area contributed by atoms with Crippen LogP contribution in [0.15, 0.2) is 66.7 Å². The second-order valence-corrected chi connectivity index (χ2v) is 8.01. The number of carbonyl (C=O) groups is 3. The van der Waals surface area contributed by atoms with Gasteiger partial charge in [-0.3, -0.25) is 10.1 Å². The minimum Gasteiger partial charge on any atom is -0.491 e. The van der Waals surface area contributed by atoms with Gasteiger partial charge in [0.05, 0.1) is 6.61 Å². The van der Waals surface area contributed by atoms with Crippen molar-refractivity contribution in [3.05, 3.63) is 77.9 Å². The molecule has 0 saturated heterocycles. The predicted molar refractivity (Wildman–Crippen MR) is 122 cm³/mol. The Labute approximate surface area is 192 Å². The minimum absolute atomic E-state index is 0.111. The van der Waals surface area contributed by atoms with Gasteiger partial charge in [-0.1, -0.05) is 50.3 Å². The molecule has 0 aliphatic rings. The number of rotatable bonds is 11. The van der Waals surface area contributed by atoms with E-state index in [9.17, 15) is 14.4 Å². The molecule has 0 radical (unpaired) electrons. The highest BCUT2D eigenvalue weighted by molar-refractivity contribution is 6.02. The van der Waals surface area contributed by atoms with Crippen molar-refractivity contribution < 1.29 is 34.1 Å². The van der Waals surface area contributed by atoms with Crippen LogP contribution in [-0.4, -0.2) is 41.4 Å². The monoisotopic (exact) mass is 455 g/mol. The number of carboxylic acids is 1. The molecule has 3 N–H and O–H groups in total. The fraction of sp³-hybridized carbons (Fsp3) is 0.320. The lowest BCUT2D eigenvalue weighted by molar-refractivity contribution is -0.131. The Morgan fingerprint density at radius 2 is 1.73 bits per heavy atom. The summed E-state index contributed by atoms with van der Waals surface area (Å²) >= 11 is 0. The van der Waals surface area contributed by atoms with Gasteiger partial charge in [0.15, 0.2) is 0 Å². The van der Waals surface area contributed by atoms with Crippen LogP contribution in [0.4, 0.5) is 4.79 Å². The number of ether oxygens (including phenoxy) is 2. The molecule has 0 bridgehead atoms. The summed E-state index contributed by atoms with van der Waals surface area (Å²) < 4.78 is 11.1. The zero-order valence-corrected chi connectivity index (χ0v) is 18.7. The van der Waals surface area contributed by atoms with E-state index in [0.717, 1.165) is 6.08 Å². The third-order valence-corrected chi connectivity index (χ3v) is 4.94. The number of carboxylic acid groups (broad SMARTS) is 1. The SMILES string of the molecule is CC(C)(CC/C=C/C(=O)O)[C@@H](OC(=O)NC(=O)c1ccccc1)c1ccc(OCCO)cc1. The molecule has 0 fully saturated rings. The number of aliphatic carboxylic acids is 1. The first kappa shape index (κ1) is 25.6. The Balaban J connectivity index is 2.19. The summed E-state index contributed by atoms with van der Waals surface area (Å²) in [6.45, 7) is 3.84. The van der Waals surface area contributed by atoms with E-state index in [-0.39, 0.29) is 13.2 Å². The summed E-state index contributed by atoms with van der Waals surface area (Å²) in [5.74, 6) is -1.05. The van der Waals surface area contributed by atoms with E-state index in [0.29, 0.717) is 29.7 Å². The number of amides is 2. The molecule has 0 heterocycles. The van der Waals surface area contributed by atoms with Gasteiger partial charge in [0, 0.05) is 17.1 Å². The van der Waals surface area contributed by atoms with Crippen LogP contribution in [0.25, 0.3) is 0 Å². The number of aliphatic hydroxyl groups is 1. The third kappa shape index (κ3) is 8.42. The van der Waals surface area contributed by atoms with Gasteiger partial charge in [0.1, 0.15) is 18.5 Å². The lowest BCUT2D eigenvalue weighted by atomic mass is 9.78. The number of aliphatic hydroxyl groups excluding tert-OH is 1. The molecule has 8 heteroatoms. The molecule has 2 aromatic carbocycles. The predicted octanol–water partition coefficient (Wildman–Crippen LogP) is 4.11. The van der Waals surface area contributed by atoms with E-state index in [4.69, 9.17) is 19.7 Å². The topological polar surface area (TPSA) is 122 Å². The van der Waals surface area contributed by atoms with E-state index in [1.165, 1.54) is 0 Å². The van der Waals surface area contributed by atoms with Gasteiger partial charge in [0.25, 0.3) is 5.91 Å². The maximum Gasteiger partial charge on any atom is 0.414 e. The molecule has 2 aromatic rings. The number of benzene rings is 2. The number of imide groups is 1. The molecule has 176 valence electrons. The second kappa shape index (κ2) is 12.4. The van der Waals surface area contributed by atoms with Crippen LogP contribution in [0, 0.1) is 5.41 Å². The van der Waals surface area contributed by atoms with Crippen molar-refractivity contribution in [3.63, 3.8) is 0 Å². The number of nitrogens with one attached hydrogen (secondary N) is 1. The van der Waals surface area contributed by atoms with Crippen LogP contribution in [0.1, 0.15) is 48.7 Å². The van der Waals surface area contributed by atoms with Crippen LogP contribution in [0.3, 0.4) is 0 Å². The Hall–Kier alpha value is -3.65. The highest BCUT2D eigenvalue weighted by Gasteiger charge is 2.34. The van der Waals surface area contributed by atoms with Gasteiger partial charge in [-0.15, -0.1) is 0 Å². The number of hydrogen-bond acceptors (Lipinski definition) is 6. The maximum absolute atomic E-state index is 12.6. The summed E-state index contributed by atoms with van der Waals surface area (Å²) in [6, 6.07) is 15.2. The Morgan fingerprint density at radius 1 is 1.06 bits per heavy atom. The van der Waals surface area contributed by atoms with Crippen LogP contribution in [0.2, 0.25) is 0 Å². The molecule has 2 rings (SSSR count). The maximum atomic E-state index is 12.6. The molecule has 33 heavy (non-hydrogen) atoms. The Kier molecular flexibility index (Phi) is 9.62. The standard InChI is InChI=1S/C25H29NO7/c1-25(2,15-7-6-10-21(28)29)22(18-11-13-20(14-12-18)32-17-16-27)33-24(31)26-23(30)19-8-4-3-5-9-19/h3-6,8-14,22,27H,7,15-17H2,1-2H3,(H,28,29)(H,26,30,31)/b10-6+/t22-/m0/s1. The Morgan fingerprint density at radius 3 is 2.33 bits per heavy atom. The molecule has 0 spiro atoms. The quantitative estimate of drug-likeness (QED) is 0.436. The largest absolute Gasteiger partial charge is 0.491 e. The molecule has 0 saturated carbocycles. The van der Waals surface area contributed by atoms with Gasteiger partial charge >= 0.3 is 12.1 Å². The molecular weight excluding hydrogens is 426 g/mol. The van der Waals surface area contributed by atoms with E-state index >= 15 is 0 Å². The zero-order valence-electron chi connectivity index (χ0n) is 18.7. The van der Waals surface area contributed by atoms with E-state index in [2.05, 4.69) is 5.32 Å². The van der Waals surface area contributed by atoms with Crippen molar-refractivity contribution >= 4 is 18.0 Å². The van der Waals surface area contributed by atoms with Gasteiger partial charge < -0.3 is 19.7 Å². The average molecular weight is 456 g/mol. The van der Waals surface area contributed by atoms with Crippen LogP contribution in [0.5, 0.6) is 5.75 Å². The average Bonchev–Trinajstić information content (AvgIpc) is 2.79. The van der Waals surface area contributed by atoms with E-state index in [1.807, 2.05) is 13.8 Å². The molecule has 0 aromatic heterocycles. The van der Waals surface area contributed by atoms with Crippen molar-refractivity contribution in [2.75, 3.05) is 13.2 Å². The fourth-order valence-corrected chi connectivity index (χ4v) is 3.24. The Bertz CT molecular complexity index is 952. The van der Waals surface area contributed by atoms with Crippen molar-refractivity contribution in [1.29, 1.82) is 0 Å². The van der Waals surface area contributed by atoms with Crippen LogP contribution in [-0.2, 0) is 9.53 Å². The smallest absolute Gasteiger partial charge is 0.414 e. The van der Waals surface area contributed by atoms with Crippen molar-refractivity contribution in [2.45, 2.75) is 32.8 Å². The summed E-state index contributed by atoms with van der Waals surface area (Å²) in [4.78, 5) is 35.6.